The summed E-state index contributed by atoms with van der Waals surface area (Å²) in [5.41, 5.74) is 0.388. The van der Waals surface area contributed by atoms with Gasteiger partial charge in [0.2, 0.25) is 0 Å². The van der Waals surface area contributed by atoms with E-state index in [1.54, 1.807) is 11.4 Å². The van der Waals surface area contributed by atoms with Crippen molar-refractivity contribution in [3.05, 3.63) is 47.3 Å². The van der Waals surface area contributed by atoms with Crippen molar-refractivity contribution in [3.63, 3.8) is 0 Å². The molecule has 0 fully saturated rings. The van der Waals surface area contributed by atoms with Crippen LogP contribution in [-0.4, -0.2) is 39.5 Å². The molecule has 2 aromatic rings. The van der Waals surface area contributed by atoms with Crippen molar-refractivity contribution in [1.82, 2.24) is 10.6 Å². The summed E-state index contributed by atoms with van der Waals surface area (Å²) in [6.07, 6.45) is -1.19. The first-order chi connectivity index (χ1) is 12.7. The van der Waals surface area contributed by atoms with Crippen LogP contribution < -0.4 is 15.4 Å². The number of hydrogen-bond acceptors (Lipinski definition) is 7. The molecule has 0 unspecified atom stereocenters. The van der Waals surface area contributed by atoms with Gasteiger partial charge in [0.1, 0.15) is 4.21 Å². The van der Waals surface area contributed by atoms with E-state index >= 15 is 0 Å². The molecule has 11 heteroatoms. The van der Waals surface area contributed by atoms with Crippen molar-refractivity contribution >= 4 is 45.0 Å². The van der Waals surface area contributed by atoms with Gasteiger partial charge in [0.05, 0.1) is 5.56 Å². The Bertz CT molecular complexity index is 924. The van der Waals surface area contributed by atoms with Gasteiger partial charge in [0.25, 0.3) is 15.9 Å². The van der Waals surface area contributed by atoms with E-state index < -0.39 is 34.0 Å². The Morgan fingerprint density at radius 2 is 1.78 bits per heavy atom. The number of carbonyl (C=O) groups excluding carboxylic acids is 3. The van der Waals surface area contributed by atoms with Crippen LogP contribution in [0.5, 0.6) is 0 Å². The first kappa shape index (κ1) is 20.4. The van der Waals surface area contributed by atoms with E-state index in [2.05, 4.69) is 10.0 Å². The molecule has 144 valence electrons. The maximum Gasteiger partial charge on any atom is 0.338 e. The molecular formula is C16H17N3O6S2. The summed E-state index contributed by atoms with van der Waals surface area (Å²) in [4.78, 5) is 34.8. The second-order valence-electron chi connectivity index (χ2n) is 5.23. The number of benzene rings is 1. The third-order valence-corrected chi connectivity index (χ3v) is 6.03. The smallest absolute Gasteiger partial charge is 0.338 e. The monoisotopic (exact) mass is 411 g/mol. The fourth-order valence-corrected chi connectivity index (χ4v) is 3.91. The standard InChI is InChI=1S/C16H17N3O6S2/c1-10(14(20)18-16(22)17-2)25-15(21)11-5-7-12(8-6-11)19-27(23,24)13-4-3-9-26-13/h3-10,19H,1-2H3,(H2,17,18,20,22)/t10-/m1/s1. The number of sulfonamides is 1. The van der Waals surface area contributed by atoms with Crippen LogP contribution in [0.4, 0.5) is 10.5 Å². The highest BCUT2D eigenvalue weighted by Crippen LogP contribution is 2.20. The van der Waals surface area contributed by atoms with E-state index in [1.165, 1.54) is 44.3 Å². The predicted octanol–water partition coefficient (Wildman–Crippen LogP) is 1.55. The van der Waals surface area contributed by atoms with Gasteiger partial charge in [-0.3, -0.25) is 14.8 Å². The molecule has 0 aliphatic rings. The Morgan fingerprint density at radius 1 is 1.11 bits per heavy atom. The highest BCUT2D eigenvalue weighted by atomic mass is 32.2. The summed E-state index contributed by atoms with van der Waals surface area (Å²) < 4.78 is 31.8. The van der Waals surface area contributed by atoms with Crippen molar-refractivity contribution in [2.24, 2.45) is 0 Å². The van der Waals surface area contributed by atoms with Crippen molar-refractivity contribution in [2.45, 2.75) is 17.2 Å². The lowest BCUT2D eigenvalue weighted by atomic mass is 10.2. The van der Waals surface area contributed by atoms with Crippen LogP contribution in [-0.2, 0) is 19.6 Å². The SMILES string of the molecule is CNC(=O)NC(=O)[C@@H](C)OC(=O)c1ccc(NS(=O)(=O)c2cccs2)cc1. The molecule has 0 radical (unpaired) electrons. The Kier molecular flexibility index (Phi) is 6.53. The number of esters is 1. The van der Waals surface area contributed by atoms with E-state index in [0.29, 0.717) is 0 Å². The zero-order valence-electron chi connectivity index (χ0n) is 14.4. The molecule has 3 amide bonds. The average molecular weight is 411 g/mol. The number of nitrogens with one attached hydrogen (secondary N) is 3. The summed E-state index contributed by atoms with van der Waals surface area (Å²) in [6.45, 7) is 1.32. The van der Waals surface area contributed by atoms with Crippen LogP contribution in [0.25, 0.3) is 0 Å². The zero-order chi connectivity index (χ0) is 20.0. The molecule has 0 saturated heterocycles. The molecule has 1 heterocycles. The quantitative estimate of drug-likeness (QED) is 0.618. The number of hydrogen-bond donors (Lipinski definition) is 3. The Hall–Kier alpha value is -2.92. The first-order valence-electron chi connectivity index (χ1n) is 7.63. The van der Waals surface area contributed by atoms with Gasteiger partial charge in [-0.2, -0.15) is 0 Å². The van der Waals surface area contributed by atoms with Crippen molar-refractivity contribution in [1.29, 1.82) is 0 Å². The van der Waals surface area contributed by atoms with Crippen molar-refractivity contribution in [2.75, 3.05) is 11.8 Å². The lowest BCUT2D eigenvalue weighted by Crippen LogP contribution is -2.43. The van der Waals surface area contributed by atoms with Gasteiger partial charge in [0, 0.05) is 12.7 Å². The number of anilines is 1. The zero-order valence-corrected chi connectivity index (χ0v) is 16.0. The number of ether oxygens (including phenoxy) is 1. The normalized spacial score (nSPS) is 11.9. The maximum atomic E-state index is 12.1. The molecule has 27 heavy (non-hydrogen) atoms. The van der Waals surface area contributed by atoms with Gasteiger partial charge < -0.3 is 10.1 Å². The van der Waals surface area contributed by atoms with Gasteiger partial charge >= 0.3 is 12.0 Å². The predicted molar refractivity (Wildman–Crippen MR) is 99.0 cm³/mol. The Morgan fingerprint density at radius 3 is 2.33 bits per heavy atom. The summed E-state index contributed by atoms with van der Waals surface area (Å²) >= 11 is 1.08. The number of amides is 3. The average Bonchev–Trinajstić information content (AvgIpc) is 3.17. The third-order valence-electron chi connectivity index (χ3n) is 3.25. The Labute approximate surface area is 159 Å². The molecule has 0 aliphatic heterocycles. The number of rotatable bonds is 6. The van der Waals surface area contributed by atoms with Crippen LogP contribution in [0.1, 0.15) is 17.3 Å². The topological polar surface area (TPSA) is 131 Å². The molecule has 0 saturated carbocycles. The summed E-state index contributed by atoms with van der Waals surface area (Å²) in [5, 5.41) is 5.84. The van der Waals surface area contributed by atoms with E-state index in [-0.39, 0.29) is 15.5 Å². The molecular weight excluding hydrogens is 394 g/mol. The number of urea groups is 1. The molecule has 1 aromatic carbocycles. The van der Waals surface area contributed by atoms with E-state index in [1.807, 2.05) is 5.32 Å². The summed E-state index contributed by atoms with van der Waals surface area (Å²) in [5.74, 6) is -1.56. The number of carbonyl (C=O) groups is 3. The minimum Gasteiger partial charge on any atom is -0.449 e. The van der Waals surface area contributed by atoms with Gasteiger partial charge in [-0.25, -0.2) is 18.0 Å². The largest absolute Gasteiger partial charge is 0.449 e. The lowest BCUT2D eigenvalue weighted by Gasteiger charge is -2.13. The highest BCUT2D eigenvalue weighted by molar-refractivity contribution is 7.94. The molecule has 3 N–H and O–H groups in total. The molecule has 2 rings (SSSR count). The van der Waals surface area contributed by atoms with E-state index in [9.17, 15) is 22.8 Å². The van der Waals surface area contributed by atoms with Crippen LogP contribution in [0.2, 0.25) is 0 Å². The third kappa shape index (κ3) is 5.53. The first-order valence-corrected chi connectivity index (χ1v) is 9.99. The maximum absolute atomic E-state index is 12.1. The molecule has 0 spiro atoms. The van der Waals surface area contributed by atoms with Gasteiger partial charge in [-0.1, -0.05) is 6.07 Å². The van der Waals surface area contributed by atoms with Crippen LogP contribution in [0.3, 0.4) is 0 Å². The van der Waals surface area contributed by atoms with Crippen LogP contribution in [0, 0.1) is 0 Å². The molecule has 1 atom stereocenters. The fourth-order valence-electron chi connectivity index (χ4n) is 1.85. The Balaban J connectivity index is 1.99. The molecule has 0 aliphatic carbocycles. The lowest BCUT2D eigenvalue weighted by molar-refractivity contribution is -0.127. The second-order valence-corrected chi connectivity index (χ2v) is 8.09. The summed E-state index contributed by atoms with van der Waals surface area (Å²) in [6, 6.07) is 7.90. The molecule has 1 aromatic heterocycles. The van der Waals surface area contributed by atoms with E-state index in [0.717, 1.165) is 11.3 Å². The molecule has 9 nitrogen and oxygen atoms in total. The summed E-state index contributed by atoms with van der Waals surface area (Å²) in [7, 11) is -2.35. The van der Waals surface area contributed by atoms with Gasteiger partial charge in [-0.15, -0.1) is 11.3 Å². The van der Waals surface area contributed by atoms with Crippen LogP contribution in [0.15, 0.2) is 46.0 Å². The minimum atomic E-state index is -3.69. The second kappa shape index (κ2) is 8.64. The molecule has 0 bridgehead atoms. The van der Waals surface area contributed by atoms with Crippen LogP contribution >= 0.6 is 11.3 Å². The number of imide groups is 1. The fraction of sp³-hybridized carbons (Fsp3) is 0.188. The van der Waals surface area contributed by atoms with E-state index in [4.69, 9.17) is 4.74 Å². The van der Waals surface area contributed by atoms with Crippen molar-refractivity contribution in [3.8, 4) is 0 Å². The van der Waals surface area contributed by atoms with Gasteiger partial charge in [0.15, 0.2) is 6.10 Å². The number of thiophene rings is 1. The highest BCUT2D eigenvalue weighted by Gasteiger charge is 2.21. The van der Waals surface area contributed by atoms with Crippen molar-refractivity contribution < 1.29 is 27.5 Å². The van der Waals surface area contributed by atoms with Gasteiger partial charge in [-0.05, 0) is 42.6 Å². The minimum absolute atomic E-state index is 0.119.